The molecule has 6 nitrogen and oxygen atoms in total. The van der Waals surface area contributed by atoms with Crippen molar-refractivity contribution in [1.82, 2.24) is 15.2 Å². The van der Waals surface area contributed by atoms with Crippen LogP contribution in [-0.4, -0.2) is 47.5 Å². The van der Waals surface area contributed by atoms with Crippen molar-refractivity contribution < 1.29 is 27.5 Å². The number of halogens is 3. The molecule has 1 aliphatic rings. The number of nitrogens with one attached hydrogen (secondary N) is 1. The zero-order valence-corrected chi connectivity index (χ0v) is 18.0. The molecule has 0 bridgehead atoms. The minimum atomic E-state index is -4.35. The van der Waals surface area contributed by atoms with Crippen LogP contribution in [0.5, 0.6) is 0 Å². The summed E-state index contributed by atoms with van der Waals surface area (Å²) in [6, 6.07) is 8.35. The molecule has 0 atom stereocenters. The standard InChI is InChI=1S/C23H26F3N3O3/c1-3-32-22(31)19-7-8-20(27-15(19)2)21(30)28-18-9-11-29(12-10-18)14-16-5-4-6-17(13-16)23(24,25)26/h4-8,13,18H,3,9-12,14H2,1-2H3,(H,28,30). The number of piperidine rings is 1. The number of esters is 1. The van der Waals surface area contributed by atoms with Crippen LogP contribution in [0, 0.1) is 6.92 Å². The van der Waals surface area contributed by atoms with E-state index in [4.69, 9.17) is 4.74 Å². The van der Waals surface area contributed by atoms with E-state index in [0.29, 0.717) is 49.3 Å². The fraction of sp³-hybridized carbons (Fsp3) is 0.435. The number of pyridine rings is 1. The van der Waals surface area contributed by atoms with Crippen molar-refractivity contribution in [3.05, 3.63) is 64.5 Å². The van der Waals surface area contributed by atoms with Gasteiger partial charge in [0.15, 0.2) is 0 Å². The monoisotopic (exact) mass is 449 g/mol. The highest BCUT2D eigenvalue weighted by Gasteiger charge is 2.30. The number of ether oxygens (including phenoxy) is 1. The van der Waals surface area contributed by atoms with Crippen molar-refractivity contribution in [2.24, 2.45) is 0 Å². The molecule has 0 aliphatic carbocycles. The molecule has 2 heterocycles. The first-order valence-electron chi connectivity index (χ1n) is 10.5. The summed E-state index contributed by atoms with van der Waals surface area (Å²) in [5, 5.41) is 2.96. The maximum atomic E-state index is 12.9. The van der Waals surface area contributed by atoms with E-state index in [1.54, 1.807) is 19.9 Å². The summed E-state index contributed by atoms with van der Waals surface area (Å²) in [5.74, 6) is -0.794. The molecule has 1 aromatic heterocycles. The van der Waals surface area contributed by atoms with Crippen LogP contribution in [0.2, 0.25) is 0 Å². The molecular weight excluding hydrogens is 423 g/mol. The minimum Gasteiger partial charge on any atom is -0.462 e. The molecule has 0 spiro atoms. The van der Waals surface area contributed by atoms with Gasteiger partial charge in [0.05, 0.1) is 23.4 Å². The number of nitrogens with zero attached hydrogens (tertiary/aromatic N) is 2. The van der Waals surface area contributed by atoms with Crippen LogP contribution >= 0.6 is 0 Å². The molecule has 1 fully saturated rings. The Balaban J connectivity index is 1.52. The molecule has 0 unspecified atom stereocenters. The number of carbonyl (C=O) groups is 2. The van der Waals surface area contributed by atoms with Gasteiger partial charge in [0.25, 0.3) is 5.91 Å². The zero-order valence-electron chi connectivity index (χ0n) is 18.0. The highest BCUT2D eigenvalue weighted by atomic mass is 19.4. The van der Waals surface area contributed by atoms with Crippen molar-refractivity contribution in [2.75, 3.05) is 19.7 Å². The molecule has 1 aromatic carbocycles. The first-order chi connectivity index (χ1) is 15.2. The molecule has 0 saturated carbocycles. The van der Waals surface area contributed by atoms with Crippen molar-refractivity contribution in [3.63, 3.8) is 0 Å². The predicted octanol–water partition coefficient (Wildman–Crippen LogP) is 3.98. The van der Waals surface area contributed by atoms with Crippen LogP contribution in [0.4, 0.5) is 13.2 Å². The molecule has 3 rings (SSSR count). The Labute approximate surface area is 184 Å². The van der Waals surface area contributed by atoms with Gasteiger partial charge < -0.3 is 10.1 Å². The van der Waals surface area contributed by atoms with E-state index in [9.17, 15) is 22.8 Å². The van der Waals surface area contributed by atoms with Gasteiger partial charge in [0.1, 0.15) is 5.69 Å². The lowest BCUT2D eigenvalue weighted by Crippen LogP contribution is -2.44. The Morgan fingerprint density at radius 1 is 1.19 bits per heavy atom. The highest BCUT2D eigenvalue weighted by molar-refractivity contribution is 5.95. The topological polar surface area (TPSA) is 71.5 Å². The number of hydrogen-bond donors (Lipinski definition) is 1. The summed E-state index contributed by atoms with van der Waals surface area (Å²) in [5.41, 5.74) is 0.942. The number of carbonyl (C=O) groups excluding carboxylic acids is 2. The minimum absolute atomic E-state index is 0.0490. The molecule has 2 aromatic rings. The van der Waals surface area contributed by atoms with E-state index >= 15 is 0 Å². The van der Waals surface area contributed by atoms with Crippen molar-refractivity contribution in [3.8, 4) is 0 Å². The second-order valence-electron chi connectivity index (χ2n) is 7.77. The number of alkyl halides is 3. The van der Waals surface area contributed by atoms with Crippen LogP contribution in [-0.2, 0) is 17.5 Å². The number of rotatable bonds is 6. The first-order valence-corrected chi connectivity index (χ1v) is 10.5. The van der Waals surface area contributed by atoms with E-state index in [-0.39, 0.29) is 24.2 Å². The summed E-state index contributed by atoms with van der Waals surface area (Å²) in [7, 11) is 0. The maximum absolute atomic E-state index is 12.9. The zero-order chi connectivity index (χ0) is 23.3. The predicted molar refractivity (Wildman–Crippen MR) is 112 cm³/mol. The number of aryl methyl sites for hydroxylation is 1. The van der Waals surface area contributed by atoms with Gasteiger partial charge in [-0.05, 0) is 50.5 Å². The lowest BCUT2D eigenvalue weighted by Gasteiger charge is -2.32. The van der Waals surface area contributed by atoms with Gasteiger partial charge in [0.2, 0.25) is 0 Å². The normalized spacial score (nSPS) is 15.4. The van der Waals surface area contributed by atoms with Crippen LogP contribution < -0.4 is 5.32 Å². The third-order valence-electron chi connectivity index (χ3n) is 5.40. The maximum Gasteiger partial charge on any atom is 0.416 e. The van der Waals surface area contributed by atoms with Gasteiger partial charge in [-0.1, -0.05) is 18.2 Å². The Morgan fingerprint density at radius 3 is 2.53 bits per heavy atom. The molecule has 9 heteroatoms. The second-order valence-corrected chi connectivity index (χ2v) is 7.77. The van der Waals surface area contributed by atoms with E-state index < -0.39 is 17.7 Å². The Kier molecular flexibility index (Phi) is 7.50. The van der Waals surface area contributed by atoms with E-state index in [0.717, 1.165) is 6.07 Å². The Morgan fingerprint density at radius 2 is 1.91 bits per heavy atom. The second kappa shape index (κ2) is 10.1. The summed E-state index contributed by atoms with van der Waals surface area (Å²) < 4.78 is 43.7. The van der Waals surface area contributed by atoms with Gasteiger partial charge in [-0.25, -0.2) is 9.78 Å². The SMILES string of the molecule is CCOC(=O)c1ccc(C(=O)NC2CCN(Cc3cccc(C(F)(F)F)c3)CC2)nc1C. The Hall–Kier alpha value is -2.94. The molecule has 1 aliphatic heterocycles. The molecule has 1 saturated heterocycles. The largest absolute Gasteiger partial charge is 0.462 e. The lowest BCUT2D eigenvalue weighted by atomic mass is 10.0. The molecule has 32 heavy (non-hydrogen) atoms. The van der Waals surface area contributed by atoms with Crippen LogP contribution in [0.15, 0.2) is 36.4 Å². The summed E-state index contributed by atoms with van der Waals surface area (Å²) in [6.45, 7) is 5.38. The van der Waals surface area contributed by atoms with E-state index in [2.05, 4.69) is 15.2 Å². The van der Waals surface area contributed by atoms with Crippen molar-refractivity contribution in [2.45, 2.75) is 45.5 Å². The quantitative estimate of drug-likeness (QED) is 0.676. The van der Waals surface area contributed by atoms with Gasteiger partial charge in [0, 0.05) is 25.7 Å². The lowest BCUT2D eigenvalue weighted by molar-refractivity contribution is -0.137. The van der Waals surface area contributed by atoms with Crippen LogP contribution in [0.25, 0.3) is 0 Å². The first kappa shape index (κ1) is 23.7. The molecule has 1 N–H and O–H groups in total. The highest BCUT2D eigenvalue weighted by Crippen LogP contribution is 2.30. The third kappa shape index (κ3) is 6.06. The van der Waals surface area contributed by atoms with E-state index in [1.165, 1.54) is 24.3 Å². The smallest absolute Gasteiger partial charge is 0.416 e. The summed E-state index contributed by atoms with van der Waals surface area (Å²) in [4.78, 5) is 30.7. The van der Waals surface area contributed by atoms with Crippen LogP contribution in [0.1, 0.15) is 57.4 Å². The molecule has 0 radical (unpaired) electrons. The summed E-state index contributed by atoms with van der Waals surface area (Å²) in [6.07, 6.45) is -2.98. The molecular formula is C23H26F3N3O3. The van der Waals surface area contributed by atoms with Gasteiger partial charge in [-0.2, -0.15) is 13.2 Å². The summed E-state index contributed by atoms with van der Waals surface area (Å²) >= 11 is 0. The number of hydrogen-bond acceptors (Lipinski definition) is 5. The third-order valence-corrected chi connectivity index (χ3v) is 5.40. The number of benzene rings is 1. The van der Waals surface area contributed by atoms with Gasteiger partial charge in [-0.3, -0.25) is 9.69 Å². The van der Waals surface area contributed by atoms with Crippen LogP contribution in [0.3, 0.4) is 0 Å². The van der Waals surface area contributed by atoms with E-state index in [1.807, 2.05) is 0 Å². The van der Waals surface area contributed by atoms with Crippen molar-refractivity contribution in [1.29, 1.82) is 0 Å². The fourth-order valence-corrected chi connectivity index (χ4v) is 3.71. The fourth-order valence-electron chi connectivity index (χ4n) is 3.71. The number of aromatic nitrogens is 1. The molecule has 172 valence electrons. The van der Waals surface area contributed by atoms with Gasteiger partial charge >= 0.3 is 12.1 Å². The number of amides is 1. The van der Waals surface area contributed by atoms with Crippen molar-refractivity contribution >= 4 is 11.9 Å². The average molecular weight is 449 g/mol. The number of likely N-dealkylation sites (tertiary alicyclic amines) is 1. The van der Waals surface area contributed by atoms with Gasteiger partial charge in [-0.15, -0.1) is 0 Å². The average Bonchev–Trinajstić information content (AvgIpc) is 2.74. The molecule has 1 amide bonds. The Bertz CT molecular complexity index is 970.